The van der Waals surface area contributed by atoms with E-state index in [-0.39, 0.29) is 17.1 Å². The van der Waals surface area contributed by atoms with E-state index in [9.17, 15) is 9.59 Å². The lowest BCUT2D eigenvalue weighted by Crippen LogP contribution is -2.33. The summed E-state index contributed by atoms with van der Waals surface area (Å²) in [5, 5.41) is 0.829. The summed E-state index contributed by atoms with van der Waals surface area (Å²) >= 11 is 6.15. The number of nitrogens with zero attached hydrogens (tertiary/aromatic N) is 2. The van der Waals surface area contributed by atoms with E-state index in [1.165, 1.54) is 0 Å². The molecule has 1 unspecified atom stereocenters. The van der Waals surface area contributed by atoms with Crippen molar-refractivity contribution in [1.29, 1.82) is 0 Å². The average Bonchev–Trinajstić information content (AvgIpc) is 3.09. The molecule has 4 rings (SSSR count). The van der Waals surface area contributed by atoms with Gasteiger partial charge < -0.3 is 19.0 Å². The Labute approximate surface area is 198 Å². The number of hydrogen-bond acceptors (Lipinski definition) is 5. The van der Waals surface area contributed by atoms with Crippen molar-refractivity contribution in [2.24, 2.45) is 0 Å². The van der Waals surface area contributed by atoms with Gasteiger partial charge in [0.2, 0.25) is 5.76 Å². The highest BCUT2D eigenvalue weighted by molar-refractivity contribution is 6.31. The third-order valence-corrected chi connectivity index (χ3v) is 6.42. The van der Waals surface area contributed by atoms with Gasteiger partial charge in [-0.05, 0) is 68.9 Å². The number of fused-ring (bicyclic) bond motifs is 2. The molecule has 1 amide bonds. The summed E-state index contributed by atoms with van der Waals surface area (Å²) in [6, 6.07) is 11.9. The molecule has 1 aromatic heterocycles. The van der Waals surface area contributed by atoms with Crippen molar-refractivity contribution in [3.8, 4) is 5.75 Å². The molecule has 0 bridgehead atoms. The van der Waals surface area contributed by atoms with E-state index in [0.29, 0.717) is 40.5 Å². The van der Waals surface area contributed by atoms with Crippen LogP contribution in [0, 0.1) is 0 Å². The molecule has 3 aromatic rings. The van der Waals surface area contributed by atoms with Crippen molar-refractivity contribution in [2.75, 3.05) is 32.8 Å². The number of ether oxygens (including phenoxy) is 1. The molecule has 174 valence electrons. The van der Waals surface area contributed by atoms with Gasteiger partial charge in [0.25, 0.3) is 5.91 Å². The molecule has 0 spiro atoms. The molecule has 0 fully saturated rings. The third-order valence-electron chi connectivity index (χ3n) is 6.18. The first kappa shape index (κ1) is 23.3. The smallest absolute Gasteiger partial charge is 0.290 e. The van der Waals surface area contributed by atoms with Gasteiger partial charge in [-0.2, -0.15) is 0 Å². The van der Waals surface area contributed by atoms with E-state index >= 15 is 0 Å². The lowest BCUT2D eigenvalue weighted by Gasteiger charge is -2.27. The standard InChI is InChI=1S/C26H29ClN2O4/c1-4-28(5-2)13-8-14-29-23(17-9-7-10-19(15-17)32-6-3)22-24(30)20-16-18(27)11-12-21(20)33-25(22)26(29)31/h7,9-12,15-16,23H,4-6,8,13-14H2,1-3H3. The summed E-state index contributed by atoms with van der Waals surface area (Å²) in [5.74, 6) is 0.557. The number of benzene rings is 2. The highest BCUT2D eigenvalue weighted by Crippen LogP contribution is 2.39. The summed E-state index contributed by atoms with van der Waals surface area (Å²) in [6.07, 6.45) is 0.794. The summed E-state index contributed by atoms with van der Waals surface area (Å²) in [5.41, 5.74) is 1.33. The third kappa shape index (κ3) is 4.50. The van der Waals surface area contributed by atoms with Crippen LogP contribution >= 0.6 is 11.6 Å². The minimum Gasteiger partial charge on any atom is -0.494 e. The van der Waals surface area contributed by atoms with Crippen LogP contribution in [0.15, 0.2) is 51.7 Å². The average molecular weight is 469 g/mol. The molecule has 33 heavy (non-hydrogen) atoms. The van der Waals surface area contributed by atoms with Gasteiger partial charge in [0.15, 0.2) is 5.43 Å². The van der Waals surface area contributed by atoms with Gasteiger partial charge in [0.1, 0.15) is 11.3 Å². The zero-order chi connectivity index (χ0) is 23.5. The summed E-state index contributed by atoms with van der Waals surface area (Å²) in [6.45, 7) is 10.0. The molecular weight excluding hydrogens is 440 g/mol. The van der Waals surface area contributed by atoms with Gasteiger partial charge in [0.05, 0.1) is 23.6 Å². The molecule has 0 aliphatic carbocycles. The first-order chi connectivity index (χ1) is 16.0. The van der Waals surface area contributed by atoms with Crippen LogP contribution in [-0.4, -0.2) is 48.5 Å². The molecule has 0 saturated heterocycles. The maximum atomic E-state index is 13.6. The fourth-order valence-corrected chi connectivity index (χ4v) is 4.69. The number of hydrogen-bond donors (Lipinski definition) is 0. The molecule has 1 aliphatic rings. The fraction of sp³-hybridized carbons (Fsp3) is 0.385. The van der Waals surface area contributed by atoms with Crippen LogP contribution in [0.3, 0.4) is 0 Å². The first-order valence-corrected chi connectivity index (χ1v) is 11.9. The molecular formula is C26H29ClN2O4. The Bertz CT molecular complexity index is 1220. The van der Waals surface area contributed by atoms with E-state index in [0.717, 1.165) is 31.6 Å². The van der Waals surface area contributed by atoms with E-state index in [4.69, 9.17) is 20.8 Å². The van der Waals surface area contributed by atoms with Crippen molar-refractivity contribution in [3.05, 3.63) is 74.6 Å². The molecule has 1 atom stereocenters. The van der Waals surface area contributed by atoms with Gasteiger partial charge in [-0.15, -0.1) is 0 Å². The van der Waals surface area contributed by atoms with Crippen LogP contribution < -0.4 is 10.2 Å². The lowest BCUT2D eigenvalue weighted by atomic mass is 9.98. The van der Waals surface area contributed by atoms with Crippen LogP contribution in [0.4, 0.5) is 0 Å². The lowest BCUT2D eigenvalue weighted by molar-refractivity contribution is 0.0720. The first-order valence-electron chi connectivity index (χ1n) is 11.5. The highest BCUT2D eigenvalue weighted by Gasteiger charge is 2.42. The number of amides is 1. The van der Waals surface area contributed by atoms with E-state index in [1.807, 2.05) is 31.2 Å². The van der Waals surface area contributed by atoms with Gasteiger partial charge in [0, 0.05) is 11.6 Å². The van der Waals surface area contributed by atoms with Gasteiger partial charge in [-0.25, -0.2) is 0 Å². The molecule has 0 N–H and O–H groups in total. The quantitative estimate of drug-likeness (QED) is 0.436. The minimum atomic E-state index is -0.538. The van der Waals surface area contributed by atoms with Crippen molar-refractivity contribution in [1.82, 2.24) is 9.80 Å². The second-order valence-electron chi connectivity index (χ2n) is 8.10. The Morgan fingerprint density at radius 3 is 2.61 bits per heavy atom. The molecule has 7 heteroatoms. The monoisotopic (exact) mass is 468 g/mol. The number of halogens is 1. The second kappa shape index (κ2) is 9.98. The predicted molar refractivity (Wildman–Crippen MR) is 130 cm³/mol. The van der Waals surface area contributed by atoms with Gasteiger partial charge >= 0.3 is 0 Å². The fourth-order valence-electron chi connectivity index (χ4n) is 4.52. The number of carbonyl (C=O) groups is 1. The van der Waals surface area contributed by atoms with Crippen LogP contribution in [0.25, 0.3) is 11.0 Å². The molecule has 6 nitrogen and oxygen atoms in total. The summed E-state index contributed by atoms with van der Waals surface area (Å²) < 4.78 is 11.7. The highest BCUT2D eigenvalue weighted by atomic mass is 35.5. The Balaban J connectivity index is 1.81. The van der Waals surface area contributed by atoms with Crippen LogP contribution in [0.2, 0.25) is 5.02 Å². The van der Waals surface area contributed by atoms with Crippen LogP contribution in [0.5, 0.6) is 5.75 Å². The molecule has 2 aromatic carbocycles. The Kier molecular flexibility index (Phi) is 7.05. The Hall–Kier alpha value is -2.83. The second-order valence-corrected chi connectivity index (χ2v) is 8.54. The molecule has 1 aliphatic heterocycles. The van der Waals surface area contributed by atoms with E-state index in [2.05, 4.69) is 18.7 Å². The summed E-state index contributed by atoms with van der Waals surface area (Å²) in [4.78, 5) is 31.2. The molecule has 2 heterocycles. The topological polar surface area (TPSA) is 63.0 Å². The number of carbonyl (C=O) groups excluding carboxylic acids is 1. The Morgan fingerprint density at radius 2 is 1.88 bits per heavy atom. The van der Waals surface area contributed by atoms with Crippen molar-refractivity contribution < 1.29 is 13.9 Å². The van der Waals surface area contributed by atoms with Crippen molar-refractivity contribution in [3.63, 3.8) is 0 Å². The minimum absolute atomic E-state index is 0.115. The van der Waals surface area contributed by atoms with Gasteiger partial charge in [-0.1, -0.05) is 37.6 Å². The van der Waals surface area contributed by atoms with E-state index < -0.39 is 6.04 Å². The van der Waals surface area contributed by atoms with Crippen molar-refractivity contribution in [2.45, 2.75) is 33.2 Å². The molecule has 0 radical (unpaired) electrons. The zero-order valence-electron chi connectivity index (χ0n) is 19.3. The predicted octanol–water partition coefficient (Wildman–Crippen LogP) is 5.12. The maximum absolute atomic E-state index is 13.6. The largest absolute Gasteiger partial charge is 0.494 e. The normalized spacial score (nSPS) is 15.5. The van der Waals surface area contributed by atoms with Crippen LogP contribution in [0.1, 0.15) is 54.9 Å². The molecule has 0 saturated carbocycles. The van der Waals surface area contributed by atoms with Gasteiger partial charge in [-0.3, -0.25) is 9.59 Å². The SMILES string of the molecule is CCOc1cccc(C2c3c(oc4ccc(Cl)cc4c3=O)C(=O)N2CCCN(CC)CC)c1. The van der Waals surface area contributed by atoms with E-state index in [1.54, 1.807) is 23.1 Å². The maximum Gasteiger partial charge on any atom is 0.290 e. The van der Waals surface area contributed by atoms with Crippen LogP contribution in [-0.2, 0) is 0 Å². The zero-order valence-corrected chi connectivity index (χ0v) is 20.0. The Morgan fingerprint density at radius 1 is 1.09 bits per heavy atom. The summed E-state index contributed by atoms with van der Waals surface area (Å²) in [7, 11) is 0. The van der Waals surface area contributed by atoms with Crippen molar-refractivity contribution >= 4 is 28.5 Å². The number of rotatable bonds is 9.